The standard InChI is InChI=1S/C14H25N3O2/c1-14(2,3)19-13(18)17-9-11-6-12(17)8-16(11)10-4-5-15-7-10/h10-12,15H,4-9H2,1-3H3. The highest BCUT2D eigenvalue weighted by Crippen LogP contribution is 2.34. The number of nitrogens with one attached hydrogen (secondary N) is 1. The molecule has 3 saturated heterocycles. The van der Waals surface area contributed by atoms with Crippen LogP contribution in [0.2, 0.25) is 0 Å². The van der Waals surface area contributed by atoms with Crippen molar-refractivity contribution in [1.29, 1.82) is 0 Å². The average Bonchev–Trinajstić information content (AvgIpc) is 3.02. The van der Waals surface area contributed by atoms with E-state index in [1.165, 1.54) is 6.42 Å². The maximum Gasteiger partial charge on any atom is 0.410 e. The SMILES string of the molecule is CC(C)(C)OC(=O)N1CC2CC1CN2C1CCNC1. The minimum atomic E-state index is -0.395. The molecule has 0 aromatic heterocycles. The molecule has 0 spiro atoms. The summed E-state index contributed by atoms with van der Waals surface area (Å²) >= 11 is 0. The monoisotopic (exact) mass is 267 g/mol. The highest BCUT2D eigenvalue weighted by Gasteiger charge is 2.48. The van der Waals surface area contributed by atoms with Gasteiger partial charge in [0.2, 0.25) is 0 Å². The van der Waals surface area contributed by atoms with Crippen LogP contribution in [0.15, 0.2) is 0 Å². The molecule has 3 aliphatic heterocycles. The lowest BCUT2D eigenvalue weighted by molar-refractivity contribution is 0.00982. The van der Waals surface area contributed by atoms with Gasteiger partial charge in [-0.15, -0.1) is 0 Å². The lowest BCUT2D eigenvalue weighted by atomic mass is 10.2. The number of rotatable bonds is 1. The topological polar surface area (TPSA) is 44.8 Å². The van der Waals surface area contributed by atoms with E-state index in [-0.39, 0.29) is 6.09 Å². The van der Waals surface area contributed by atoms with Crippen LogP contribution >= 0.6 is 0 Å². The van der Waals surface area contributed by atoms with Gasteiger partial charge in [0.1, 0.15) is 5.60 Å². The molecule has 3 heterocycles. The zero-order chi connectivity index (χ0) is 13.6. The molecule has 0 saturated carbocycles. The Kier molecular flexibility index (Phi) is 3.21. The van der Waals surface area contributed by atoms with Crippen LogP contribution < -0.4 is 5.32 Å². The third-order valence-corrected chi connectivity index (χ3v) is 4.41. The number of hydrogen-bond acceptors (Lipinski definition) is 4. The highest BCUT2D eigenvalue weighted by molar-refractivity contribution is 5.69. The summed E-state index contributed by atoms with van der Waals surface area (Å²) in [5, 5.41) is 3.43. The quantitative estimate of drug-likeness (QED) is 0.771. The molecule has 3 atom stereocenters. The Bertz CT molecular complexity index is 360. The predicted molar refractivity (Wildman–Crippen MR) is 73.1 cm³/mol. The highest BCUT2D eigenvalue weighted by atomic mass is 16.6. The third kappa shape index (κ3) is 2.58. The molecule has 0 aromatic carbocycles. The number of nitrogens with zero attached hydrogens (tertiary/aromatic N) is 2. The molecular formula is C14H25N3O2. The van der Waals surface area contributed by atoms with Crippen LogP contribution in [0.5, 0.6) is 0 Å². The van der Waals surface area contributed by atoms with Gasteiger partial charge in [0.05, 0.1) is 0 Å². The molecule has 108 valence electrons. The molecule has 0 radical (unpaired) electrons. The van der Waals surface area contributed by atoms with Crippen molar-refractivity contribution in [2.75, 3.05) is 26.2 Å². The molecule has 0 aromatic rings. The van der Waals surface area contributed by atoms with Gasteiger partial charge in [-0.3, -0.25) is 4.90 Å². The maximum atomic E-state index is 12.2. The van der Waals surface area contributed by atoms with Crippen molar-refractivity contribution >= 4 is 6.09 Å². The van der Waals surface area contributed by atoms with Crippen LogP contribution in [0.4, 0.5) is 4.79 Å². The van der Waals surface area contributed by atoms with Crippen LogP contribution in [0.3, 0.4) is 0 Å². The van der Waals surface area contributed by atoms with Gasteiger partial charge >= 0.3 is 6.09 Å². The molecule has 3 aliphatic rings. The molecule has 3 rings (SSSR count). The Morgan fingerprint density at radius 1 is 1.21 bits per heavy atom. The smallest absolute Gasteiger partial charge is 0.410 e. The summed E-state index contributed by atoms with van der Waals surface area (Å²) in [5.74, 6) is 0. The van der Waals surface area contributed by atoms with E-state index in [9.17, 15) is 4.79 Å². The Labute approximate surface area is 115 Å². The summed E-state index contributed by atoms with van der Waals surface area (Å²) < 4.78 is 5.49. The Morgan fingerprint density at radius 3 is 2.53 bits per heavy atom. The molecule has 1 N–H and O–H groups in total. The molecule has 3 fully saturated rings. The molecule has 1 amide bonds. The first-order chi connectivity index (χ1) is 8.94. The molecule has 3 unspecified atom stereocenters. The van der Waals surface area contributed by atoms with Crippen molar-refractivity contribution in [3.63, 3.8) is 0 Å². The average molecular weight is 267 g/mol. The number of carbonyl (C=O) groups is 1. The van der Waals surface area contributed by atoms with Crippen LogP contribution in [0.1, 0.15) is 33.6 Å². The number of ether oxygens (including phenoxy) is 1. The predicted octanol–water partition coefficient (Wildman–Crippen LogP) is 1.04. The van der Waals surface area contributed by atoms with Crippen LogP contribution in [-0.4, -0.2) is 65.8 Å². The van der Waals surface area contributed by atoms with Gasteiger partial charge in [0.25, 0.3) is 0 Å². The van der Waals surface area contributed by atoms with Gasteiger partial charge in [-0.2, -0.15) is 0 Å². The lowest BCUT2D eigenvalue weighted by Gasteiger charge is -2.37. The van der Waals surface area contributed by atoms with Crippen molar-refractivity contribution in [2.45, 2.75) is 57.3 Å². The van der Waals surface area contributed by atoms with E-state index in [1.54, 1.807) is 0 Å². The first kappa shape index (κ1) is 13.2. The van der Waals surface area contributed by atoms with Crippen molar-refractivity contribution in [3.05, 3.63) is 0 Å². The number of hydrogen-bond donors (Lipinski definition) is 1. The number of carbonyl (C=O) groups excluding carboxylic acids is 1. The minimum absolute atomic E-state index is 0.135. The summed E-state index contributed by atoms with van der Waals surface area (Å²) in [6, 6.07) is 1.58. The fourth-order valence-electron chi connectivity index (χ4n) is 3.61. The van der Waals surface area contributed by atoms with Gasteiger partial charge < -0.3 is 15.0 Å². The molecular weight excluding hydrogens is 242 g/mol. The fraction of sp³-hybridized carbons (Fsp3) is 0.929. The van der Waals surface area contributed by atoms with Crippen LogP contribution in [0.25, 0.3) is 0 Å². The second kappa shape index (κ2) is 4.63. The zero-order valence-corrected chi connectivity index (χ0v) is 12.2. The molecule has 5 nitrogen and oxygen atoms in total. The lowest BCUT2D eigenvalue weighted by Crippen LogP contribution is -2.53. The van der Waals surface area contributed by atoms with E-state index in [2.05, 4.69) is 10.2 Å². The van der Waals surface area contributed by atoms with Crippen LogP contribution in [0, 0.1) is 0 Å². The largest absolute Gasteiger partial charge is 0.444 e. The fourth-order valence-corrected chi connectivity index (χ4v) is 3.61. The molecule has 2 bridgehead atoms. The first-order valence-corrected chi connectivity index (χ1v) is 7.40. The normalized spacial score (nSPS) is 35.1. The van der Waals surface area contributed by atoms with Crippen molar-refractivity contribution in [3.8, 4) is 0 Å². The maximum absolute atomic E-state index is 12.2. The van der Waals surface area contributed by atoms with E-state index in [4.69, 9.17) is 4.74 Å². The summed E-state index contributed by atoms with van der Waals surface area (Å²) in [7, 11) is 0. The Morgan fingerprint density at radius 2 is 2.00 bits per heavy atom. The van der Waals surface area contributed by atoms with Gasteiger partial charge in [-0.1, -0.05) is 0 Å². The number of piperazine rings is 1. The zero-order valence-electron chi connectivity index (χ0n) is 12.2. The number of amides is 1. The second-order valence-corrected chi connectivity index (χ2v) is 7.02. The van der Waals surface area contributed by atoms with Gasteiger partial charge in [-0.25, -0.2) is 4.79 Å². The van der Waals surface area contributed by atoms with Crippen LogP contribution in [-0.2, 0) is 4.74 Å². The minimum Gasteiger partial charge on any atom is -0.444 e. The van der Waals surface area contributed by atoms with Crippen molar-refractivity contribution in [1.82, 2.24) is 15.1 Å². The van der Waals surface area contributed by atoms with E-state index in [0.717, 1.165) is 32.6 Å². The Hall–Kier alpha value is -0.810. The molecule has 19 heavy (non-hydrogen) atoms. The second-order valence-electron chi connectivity index (χ2n) is 7.02. The Balaban J connectivity index is 1.58. The van der Waals surface area contributed by atoms with Gasteiger partial charge in [0.15, 0.2) is 0 Å². The summed E-state index contributed by atoms with van der Waals surface area (Å²) in [5.41, 5.74) is -0.395. The van der Waals surface area contributed by atoms with Crippen molar-refractivity contribution in [2.24, 2.45) is 0 Å². The third-order valence-electron chi connectivity index (χ3n) is 4.41. The van der Waals surface area contributed by atoms with E-state index < -0.39 is 5.60 Å². The molecule has 5 heteroatoms. The first-order valence-electron chi connectivity index (χ1n) is 7.40. The van der Waals surface area contributed by atoms with Gasteiger partial charge in [-0.05, 0) is 40.2 Å². The van der Waals surface area contributed by atoms with E-state index in [1.807, 2.05) is 25.7 Å². The summed E-state index contributed by atoms with van der Waals surface area (Å²) in [4.78, 5) is 16.7. The molecule has 0 aliphatic carbocycles. The van der Waals surface area contributed by atoms with E-state index in [0.29, 0.717) is 18.1 Å². The number of fused-ring (bicyclic) bond motifs is 2. The van der Waals surface area contributed by atoms with Crippen molar-refractivity contribution < 1.29 is 9.53 Å². The number of likely N-dealkylation sites (tertiary alicyclic amines) is 2. The summed E-state index contributed by atoms with van der Waals surface area (Å²) in [6.45, 7) is 9.89. The van der Waals surface area contributed by atoms with Gasteiger partial charge in [0, 0.05) is 37.8 Å². The van der Waals surface area contributed by atoms with E-state index >= 15 is 0 Å². The summed E-state index contributed by atoms with van der Waals surface area (Å²) in [6.07, 6.45) is 2.23.